The molecule has 0 atom stereocenters. The van der Waals surface area contributed by atoms with Crippen molar-refractivity contribution in [2.45, 2.75) is 24.2 Å². The van der Waals surface area contributed by atoms with Gasteiger partial charge in [-0.05, 0) is 42.7 Å². The van der Waals surface area contributed by atoms with Gasteiger partial charge < -0.3 is 9.88 Å². The number of carbonyl (C=O) groups is 1. The first kappa shape index (κ1) is 20.6. The third-order valence-corrected chi connectivity index (χ3v) is 7.43. The highest BCUT2D eigenvalue weighted by molar-refractivity contribution is 7.89. The van der Waals surface area contributed by atoms with Crippen LogP contribution < -0.4 is 0 Å². The number of aromatic amines is 1. The van der Waals surface area contributed by atoms with Crippen molar-refractivity contribution in [3.05, 3.63) is 66.1 Å². The minimum atomic E-state index is -3.75. The summed E-state index contributed by atoms with van der Waals surface area (Å²) in [5.74, 6) is -0.544. The number of fused-ring (bicyclic) bond motifs is 1. The van der Waals surface area contributed by atoms with Crippen LogP contribution in [0.2, 0.25) is 0 Å². The van der Waals surface area contributed by atoms with Crippen molar-refractivity contribution in [1.82, 2.24) is 14.2 Å². The van der Waals surface area contributed by atoms with E-state index in [1.165, 1.54) is 33.5 Å². The quantitative estimate of drug-likeness (QED) is 0.654. The average Bonchev–Trinajstić information content (AvgIpc) is 3.17. The third-order valence-electron chi connectivity index (χ3n) is 5.54. The standard InChI is InChI=1S/C22H24FN3O3S/c23-18-6-4-7-19(15-18)30(28,29)26-13-11-25(12-14-26)22(27)10-3-5-17-16-24-21-9-2-1-8-20(17)21/h1-2,4,6-9,15-16,24H,3,5,10-14H2. The van der Waals surface area contributed by atoms with Gasteiger partial charge in [-0.15, -0.1) is 0 Å². The number of hydrogen-bond donors (Lipinski definition) is 1. The first-order valence-corrected chi connectivity index (χ1v) is 11.5. The molecule has 1 aliphatic heterocycles. The molecule has 1 fully saturated rings. The number of carbonyl (C=O) groups excluding carboxylic acids is 1. The van der Waals surface area contributed by atoms with E-state index in [2.05, 4.69) is 11.1 Å². The molecular formula is C22H24FN3O3S. The molecule has 4 rings (SSSR count). The second-order valence-corrected chi connectivity index (χ2v) is 9.39. The van der Waals surface area contributed by atoms with E-state index in [4.69, 9.17) is 0 Å². The highest BCUT2D eigenvalue weighted by Crippen LogP contribution is 2.21. The Balaban J connectivity index is 1.29. The van der Waals surface area contributed by atoms with Crippen molar-refractivity contribution >= 4 is 26.8 Å². The van der Waals surface area contributed by atoms with Crippen molar-refractivity contribution in [3.8, 4) is 0 Å². The van der Waals surface area contributed by atoms with Gasteiger partial charge in [0.1, 0.15) is 5.82 Å². The Labute approximate surface area is 175 Å². The van der Waals surface area contributed by atoms with E-state index in [0.717, 1.165) is 24.4 Å². The van der Waals surface area contributed by atoms with Gasteiger partial charge in [0.05, 0.1) is 4.90 Å². The number of aryl methyl sites for hydroxylation is 1. The van der Waals surface area contributed by atoms with Crippen molar-refractivity contribution in [3.63, 3.8) is 0 Å². The maximum atomic E-state index is 13.4. The number of piperazine rings is 1. The fourth-order valence-electron chi connectivity index (χ4n) is 3.88. The summed E-state index contributed by atoms with van der Waals surface area (Å²) in [6.45, 7) is 1.13. The number of rotatable bonds is 6. The summed E-state index contributed by atoms with van der Waals surface area (Å²) in [4.78, 5) is 17.5. The summed E-state index contributed by atoms with van der Waals surface area (Å²) in [5, 5.41) is 1.18. The molecule has 0 bridgehead atoms. The number of nitrogens with one attached hydrogen (secondary N) is 1. The Morgan fingerprint density at radius 1 is 1.03 bits per heavy atom. The van der Waals surface area contributed by atoms with E-state index in [1.54, 1.807) is 4.90 Å². The van der Waals surface area contributed by atoms with Crippen LogP contribution in [0.3, 0.4) is 0 Å². The van der Waals surface area contributed by atoms with Crippen LogP contribution in [0.5, 0.6) is 0 Å². The number of H-pyrrole nitrogens is 1. The van der Waals surface area contributed by atoms with Crippen LogP contribution in [0.1, 0.15) is 18.4 Å². The monoisotopic (exact) mass is 429 g/mol. The highest BCUT2D eigenvalue weighted by Gasteiger charge is 2.30. The zero-order valence-electron chi connectivity index (χ0n) is 16.6. The first-order valence-electron chi connectivity index (χ1n) is 10.0. The molecule has 0 saturated carbocycles. The fourth-order valence-corrected chi connectivity index (χ4v) is 5.34. The Morgan fingerprint density at radius 3 is 2.57 bits per heavy atom. The number of benzene rings is 2. The number of halogens is 1. The molecule has 1 saturated heterocycles. The lowest BCUT2D eigenvalue weighted by Crippen LogP contribution is -2.50. The zero-order chi connectivity index (χ0) is 21.1. The lowest BCUT2D eigenvalue weighted by atomic mass is 10.1. The number of aromatic nitrogens is 1. The van der Waals surface area contributed by atoms with Crippen LogP contribution in [0, 0.1) is 5.82 Å². The number of amides is 1. The molecule has 2 aromatic carbocycles. The van der Waals surface area contributed by atoms with Crippen molar-refractivity contribution in [2.24, 2.45) is 0 Å². The van der Waals surface area contributed by atoms with Crippen LogP contribution in [-0.2, 0) is 21.2 Å². The van der Waals surface area contributed by atoms with Gasteiger partial charge in [-0.3, -0.25) is 4.79 Å². The van der Waals surface area contributed by atoms with Crippen LogP contribution in [-0.4, -0.2) is 54.7 Å². The topological polar surface area (TPSA) is 73.5 Å². The molecule has 1 aromatic heterocycles. The molecule has 0 spiro atoms. The molecule has 158 valence electrons. The maximum absolute atomic E-state index is 13.4. The largest absolute Gasteiger partial charge is 0.361 e. The molecule has 3 aromatic rings. The molecule has 0 aliphatic carbocycles. The van der Waals surface area contributed by atoms with E-state index < -0.39 is 15.8 Å². The number of nitrogens with zero attached hydrogens (tertiary/aromatic N) is 2. The first-order chi connectivity index (χ1) is 14.4. The van der Waals surface area contributed by atoms with E-state index >= 15 is 0 Å². The lowest BCUT2D eigenvalue weighted by Gasteiger charge is -2.34. The Bertz CT molecular complexity index is 1150. The van der Waals surface area contributed by atoms with Crippen LogP contribution in [0.4, 0.5) is 4.39 Å². The SMILES string of the molecule is O=C(CCCc1c[nH]c2ccccc12)N1CCN(S(=O)(=O)c2cccc(F)c2)CC1. The van der Waals surface area contributed by atoms with Gasteiger partial charge in [-0.2, -0.15) is 4.31 Å². The second kappa shape index (κ2) is 8.57. The van der Waals surface area contributed by atoms with Crippen molar-refractivity contribution < 1.29 is 17.6 Å². The summed E-state index contributed by atoms with van der Waals surface area (Å²) in [5.41, 5.74) is 2.29. The predicted molar refractivity (Wildman–Crippen MR) is 113 cm³/mol. The van der Waals surface area contributed by atoms with Gasteiger partial charge in [-0.25, -0.2) is 12.8 Å². The fraction of sp³-hybridized carbons (Fsp3) is 0.318. The van der Waals surface area contributed by atoms with Gasteiger partial charge in [0.25, 0.3) is 0 Å². The van der Waals surface area contributed by atoms with E-state index in [9.17, 15) is 17.6 Å². The normalized spacial score (nSPS) is 15.6. The van der Waals surface area contributed by atoms with Crippen LogP contribution in [0.15, 0.2) is 59.6 Å². The summed E-state index contributed by atoms with van der Waals surface area (Å²) < 4.78 is 40.1. The third kappa shape index (κ3) is 4.24. The molecule has 8 heteroatoms. The van der Waals surface area contributed by atoms with Crippen LogP contribution >= 0.6 is 0 Å². The number of sulfonamides is 1. The predicted octanol–water partition coefficient (Wildman–Crippen LogP) is 3.16. The Hall–Kier alpha value is -2.71. The molecule has 2 heterocycles. The summed E-state index contributed by atoms with van der Waals surface area (Å²) in [6.07, 6.45) is 3.97. The number of hydrogen-bond acceptors (Lipinski definition) is 3. The maximum Gasteiger partial charge on any atom is 0.243 e. The minimum absolute atomic E-state index is 0.0395. The summed E-state index contributed by atoms with van der Waals surface area (Å²) in [6, 6.07) is 13.1. The highest BCUT2D eigenvalue weighted by atomic mass is 32.2. The molecule has 30 heavy (non-hydrogen) atoms. The minimum Gasteiger partial charge on any atom is -0.361 e. The van der Waals surface area contributed by atoms with Gasteiger partial charge >= 0.3 is 0 Å². The molecule has 1 N–H and O–H groups in total. The van der Waals surface area contributed by atoms with Gasteiger partial charge in [0.15, 0.2) is 0 Å². The zero-order valence-corrected chi connectivity index (χ0v) is 17.4. The second-order valence-electron chi connectivity index (χ2n) is 7.46. The van der Waals surface area contributed by atoms with Crippen LogP contribution in [0.25, 0.3) is 10.9 Å². The van der Waals surface area contributed by atoms with Gasteiger partial charge in [0.2, 0.25) is 15.9 Å². The summed E-state index contributed by atoms with van der Waals surface area (Å²) in [7, 11) is -3.75. The van der Waals surface area contributed by atoms with Crippen molar-refractivity contribution in [1.29, 1.82) is 0 Å². The van der Waals surface area contributed by atoms with Gasteiger partial charge in [-0.1, -0.05) is 24.3 Å². The van der Waals surface area contributed by atoms with E-state index in [1.807, 2.05) is 24.4 Å². The molecule has 0 unspecified atom stereocenters. The average molecular weight is 430 g/mol. The molecule has 1 aliphatic rings. The van der Waals surface area contributed by atoms with E-state index in [-0.39, 0.29) is 23.9 Å². The molecule has 1 amide bonds. The summed E-state index contributed by atoms with van der Waals surface area (Å²) >= 11 is 0. The Kier molecular flexibility index (Phi) is 5.87. The Morgan fingerprint density at radius 2 is 1.80 bits per heavy atom. The lowest BCUT2D eigenvalue weighted by molar-refractivity contribution is -0.132. The van der Waals surface area contributed by atoms with Gasteiger partial charge in [0, 0.05) is 49.7 Å². The van der Waals surface area contributed by atoms with E-state index in [0.29, 0.717) is 19.5 Å². The molecule has 6 nitrogen and oxygen atoms in total. The van der Waals surface area contributed by atoms with Crippen molar-refractivity contribution in [2.75, 3.05) is 26.2 Å². The smallest absolute Gasteiger partial charge is 0.243 e. The molecule has 0 radical (unpaired) electrons. The molecular weight excluding hydrogens is 405 g/mol. The number of para-hydroxylation sites is 1.